The number of amidine groups is 2. The molecule has 0 aliphatic heterocycles. The standard InChI is InChI=1S/C12H12N4O2S2.C7H10N2S2/c1-19-12-9(6-10(20-12)11(13)14)15-7-3-2-4-8(5-7)16(17)18;1-2-10-5-3-4-11-6(5)7(8)9/h2-6,15H,1H3,(H3,13,14);3-4H,2H2,1H3,(H3,8,9). The van der Waals surface area contributed by atoms with Crippen molar-refractivity contribution in [3.63, 3.8) is 0 Å². The molecule has 2 heterocycles. The number of non-ortho nitro benzene ring substituents is 1. The lowest BCUT2D eigenvalue weighted by molar-refractivity contribution is -0.384. The van der Waals surface area contributed by atoms with E-state index >= 15 is 0 Å². The van der Waals surface area contributed by atoms with Crippen LogP contribution in [0.15, 0.2) is 50.9 Å². The summed E-state index contributed by atoms with van der Waals surface area (Å²) in [6.07, 6.45) is 1.92. The van der Waals surface area contributed by atoms with Gasteiger partial charge in [0.15, 0.2) is 0 Å². The summed E-state index contributed by atoms with van der Waals surface area (Å²) in [6.45, 7) is 2.09. The van der Waals surface area contributed by atoms with Crippen LogP contribution in [0.5, 0.6) is 0 Å². The highest BCUT2D eigenvalue weighted by molar-refractivity contribution is 8.00. The maximum absolute atomic E-state index is 10.8. The summed E-state index contributed by atoms with van der Waals surface area (Å²) in [4.78, 5) is 13.0. The van der Waals surface area contributed by atoms with Crippen molar-refractivity contribution in [3.05, 3.63) is 61.6 Å². The number of nitrogens with two attached hydrogens (primary N) is 2. The van der Waals surface area contributed by atoms with Gasteiger partial charge in [0.2, 0.25) is 0 Å². The molecule has 7 N–H and O–H groups in total. The van der Waals surface area contributed by atoms with Gasteiger partial charge < -0.3 is 16.8 Å². The molecule has 0 unspecified atom stereocenters. The number of nitro groups is 1. The average molecular weight is 495 g/mol. The number of anilines is 2. The minimum absolute atomic E-state index is 0.0115. The van der Waals surface area contributed by atoms with Crippen molar-refractivity contribution in [1.82, 2.24) is 0 Å². The second-order valence-electron chi connectivity index (χ2n) is 5.82. The molecule has 0 amide bonds. The molecule has 0 spiro atoms. The number of nitrogen functional groups attached to an aromatic ring is 2. The van der Waals surface area contributed by atoms with E-state index in [2.05, 4.69) is 12.2 Å². The van der Waals surface area contributed by atoms with Gasteiger partial charge >= 0.3 is 0 Å². The number of nitrogens with zero attached hydrogens (tertiary/aromatic N) is 1. The van der Waals surface area contributed by atoms with E-state index in [4.69, 9.17) is 22.3 Å². The van der Waals surface area contributed by atoms with Gasteiger partial charge in [-0.15, -0.1) is 46.2 Å². The summed E-state index contributed by atoms with van der Waals surface area (Å²) >= 11 is 6.20. The SMILES string of the molecule is CCSc1ccsc1C(=N)N.CSc1sc(C(=N)N)cc1Nc1cccc([N+](=O)[O-])c1. The number of thiophene rings is 2. The van der Waals surface area contributed by atoms with E-state index in [9.17, 15) is 10.1 Å². The van der Waals surface area contributed by atoms with E-state index in [0.717, 1.165) is 25.4 Å². The first-order valence-corrected chi connectivity index (χ1v) is 12.8. The number of nitrogens with one attached hydrogen (secondary N) is 3. The Bertz CT molecular complexity index is 1080. The summed E-state index contributed by atoms with van der Waals surface area (Å²) in [5.74, 6) is 1.21. The molecular weight excluding hydrogens is 473 g/mol. The zero-order chi connectivity index (χ0) is 23.0. The van der Waals surface area contributed by atoms with Gasteiger partial charge in [-0.1, -0.05) is 13.0 Å². The van der Waals surface area contributed by atoms with Gasteiger partial charge in [0.1, 0.15) is 11.7 Å². The van der Waals surface area contributed by atoms with Crippen molar-refractivity contribution in [2.75, 3.05) is 17.3 Å². The monoisotopic (exact) mass is 494 g/mol. The smallest absolute Gasteiger partial charge is 0.271 e. The number of nitro benzene ring substituents is 1. The predicted octanol–water partition coefficient (Wildman–Crippen LogP) is 5.55. The van der Waals surface area contributed by atoms with Crippen LogP contribution >= 0.6 is 46.2 Å². The van der Waals surface area contributed by atoms with Crippen molar-refractivity contribution >= 4 is 74.9 Å². The van der Waals surface area contributed by atoms with Gasteiger partial charge in [-0.25, -0.2) is 0 Å². The first-order valence-electron chi connectivity index (χ1n) is 8.85. The minimum atomic E-state index is -0.435. The molecule has 0 saturated heterocycles. The zero-order valence-corrected chi connectivity index (χ0v) is 20.1. The van der Waals surface area contributed by atoms with Crippen LogP contribution < -0.4 is 16.8 Å². The van der Waals surface area contributed by atoms with E-state index in [-0.39, 0.29) is 17.4 Å². The molecule has 8 nitrogen and oxygen atoms in total. The maximum atomic E-state index is 10.8. The highest BCUT2D eigenvalue weighted by atomic mass is 32.2. The van der Waals surface area contributed by atoms with Crippen LogP contribution in [0.1, 0.15) is 16.7 Å². The van der Waals surface area contributed by atoms with Crippen LogP contribution in [-0.4, -0.2) is 28.6 Å². The summed E-state index contributed by atoms with van der Waals surface area (Å²) in [5, 5.41) is 30.5. The van der Waals surface area contributed by atoms with Crippen LogP contribution in [0.25, 0.3) is 0 Å². The van der Waals surface area contributed by atoms with Crippen LogP contribution in [0.3, 0.4) is 0 Å². The molecule has 0 atom stereocenters. The Hall–Kier alpha value is -2.54. The molecule has 3 aromatic rings. The number of hydrogen-bond donors (Lipinski definition) is 5. The van der Waals surface area contributed by atoms with E-state index in [0.29, 0.717) is 10.6 Å². The third-order valence-corrected chi connectivity index (χ3v) is 7.98. The normalized spacial score (nSPS) is 10.1. The number of rotatable bonds is 8. The van der Waals surface area contributed by atoms with E-state index < -0.39 is 4.92 Å². The van der Waals surface area contributed by atoms with Gasteiger partial charge in [0, 0.05) is 22.7 Å². The molecule has 31 heavy (non-hydrogen) atoms. The van der Waals surface area contributed by atoms with Gasteiger partial charge in [0.05, 0.1) is 24.6 Å². The lowest BCUT2D eigenvalue weighted by Crippen LogP contribution is -2.09. The Labute approximate surface area is 196 Å². The van der Waals surface area contributed by atoms with Gasteiger partial charge in [-0.2, -0.15) is 0 Å². The van der Waals surface area contributed by atoms with Crippen LogP contribution in [0.4, 0.5) is 17.1 Å². The number of thioether (sulfide) groups is 2. The fraction of sp³-hybridized carbons (Fsp3) is 0.158. The van der Waals surface area contributed by atoms with Crippen LogP contribution in [0, 0.1) is 20.9 Å². The van der Waals surface area contributed by atoms with Gasteiger partial charge in [0.25, 0.3) is 5.69 Å². The molecule has 0 saturated carbocycles. The Morgan fingerprint density at radius 1 is 1.23 bits per heavy atom. The molecule has 0 aliphatic carbocycles. The van der Waals surface area contributed by atoms with Crippen molar-refractivity contribution in [3.8, 4) is 0 Å². The summed E-state index contributed by atoms with van der Waals surface area (Å²) in [6, 6.07) is 10.1. The van der Waals surface area contributed by atoms with Crippen molar-refractivity contribution < 1.29 is 4.92 Å². The van der Waals surface area contributed by atoms with Crippen LogP contribution in [0.2, 0.25) is 0 Å². The second-order valence-corrected chi connectivity index (χ2v) is 10.2. The number of benzene rings is 1. The molecule has 164 valence electrons. The summed E-state index contributed by atoms with van der Waals surface area (Å²) in [7, 11) is 0. The second kappa shape index (κ2) is 11.7. The molecule has 0 aliphatic rings. The molecule has 3 rings (SSSR count). The van der Waals surface area contributed by atoms with Crippen LogP contribution in [-0.2, 0) is 0 Å². The molecular formula is C19H22N6O2S4. The average Bonchev–Trinajstić information content (AvgIpc) is 3.36. The molecule has 0 fully saturated rings. The lowest BCUT2D eigenvalue weighted by atomic mass is 10.2. The third kappa shape index (κ3) is 6.99. The molecule has 1 aromatic carbocycles. The van der Waals surface area contributed by atoms with Gasteiger partial charge in [-0.05, 0) is 35.6 Å². The van der Waals surface area contributed by atoms with Crippen molar-refractivity contribution in [2.24, 2.45) is 11.5 Å². The van der Waals surface area contributed by atoms with E-state index in [1.165, 1.54) is 46.6 Å². The molecule has 12 heteroatoms. The fourth-order valence-electron chi connectivity index (χ4n) is 2.36. The Kier molecular flexibility index (Phi) is 9.37. The minimum Gasteiger partial charge on any atom is -0.383 e. The Morgan fingerprint density at radius 3 is 2.55 bits per heavy atom. The predicted molar refractivity (Wildman–Crippen MR) is 135 cm³/mol. The Balaban J connectivity index is 0.000000262. The number of hydrogen-bond acceptors (Lipinski definition) is 9. The first kappa shape index (κ1) is 24.7. The summed E-state index contributed by atoms with van der Waals surface area (Å²) < 4.78 is 0.974. The molecule has 2 aromatic heterocycles. The lowest BCUT2D eigenvalue weighted by Gasteiger charge is -2.05. The van der Waals surface area contributed by atoms with Crippen molar-refractivity contribution in [1.29, 1.82) is 10.8 Å². The fourth-order valence-corrected chi connectivity index (χ4v) is 5.78. The van der Waals surface area contributed by atoms with Crippen molar-refractivity contribution in [2.45, 2.75) is 16.0 Å². The molecule has 0 radical (unpaired) electrons. The first-order chi connectivity index (χ1) is 14.8. The van der Waals surface area contributed by atoms with Gasteiger partial charge in [-0.3, -0.25) is 20.9 Å². The third-order valence-electron chi connectivity index (χ3n) is 3.66. The topological polar surface area (TPSA) is 155 Å². The molecule has 0 bridgehead atoms. The Morgan fingerprint density at radius 2 is 1.97 bits per heavy atom. The van der Waals surface area contributed by atoms with E-state index in [1.54, 1.807) is 30.0 Å². The van der Waals surface area contributed by atoms with E-state index in [1.807, 2.05) is 17.7 Å². The maximum Gasteiger partial charge on any atom is 0.271 e. The quantitative estimate of drug-likeness (QED) is 0.0903. The largest absolute Gasteiger partial charge is 0.383 e. The highest BCUT2D eigenvalue weighted by Gasteiger charge is 2.12. The highest BCUT2D eigenvalue weighted by Crippen LogP contribution is 2.36. The summed E-state index contributed by atoms with van der Waals surface area (Å²) in [5.41, 5.74) is 12.3. The zero-order valence-electron chi connectivity index (χ0n) is 16.8.